The molecule has 11 aromatic rings. The fourth-order valence-electron chi connectivity index (χ4n) is 8.36. The molecule has 0 bridgehead atoms. The predicted molar refractivity (Wildman–Crippen MR) is 204 cm³/mol. The van der Waals surface area contributed by atoms with Crippen molar-refractivity contribution in [1.29, 1.82) is 0 Å². The maximum atomic E-state index is 2.45. The molecular weight excluding hydrogens is 581 g/mol. The topological polar surface area (TPSA) is 9.86 Å². The molecule has 48 heavy (non-hydrogen) atoms. The molecule has 222 valence electrons. The number of aromatic nitrogens is 2. The van der Waals surface area contributed by atoms with E-state index in [1.807, 2.05) is 0 Å². The zero-order valence-corrected chi connectivity index (χ0v) is 26.1. The summed E-state index contributed by atoms with van der Waals surface area (Å²) in [6.07, 6.45) is 0. The van der Waals surface area contributed by atoms with E-state index in [4.69, 9.17) is 0 Å². The van der Waals surface area contributed by atoms with Crippen LogP contribution in [0.15, 0.2) is 170 Å². The lowest BCUT2D eigenvalue weighted by atomic mass is 9.90. The second-order valence-corrected chi connectivity index (χ2v) is 13.0. The number of fused-ring (bicyclic) bond motifs is 7. The molecule has 11 rings (SSSR count). The van der Waals surface area contributed by atoms with Crippen LogP contribution in [-0.4, -0.2) is 9.13 Å². The second kappa shape index (κ2) is 9.57. The van der Waals surface area contributed by atoms with Crippen LogP contribution in [-0.2, 0) is 0 Å². The van der Waals surface area contributed by atoms with Gasteiger partial charge in [-0.1, -0.05) is 103 Å². The lowest BCUT2D eigenvalue weighted by Crippen LogP contribution is -1.95. The van der Waals surface area contributed by atoms with Gasteiger partial charge >= 0.3 is 0 Å². The molecule has 0 saturated carbocycles. The summed E-state index contributed by atoms with van der Waals surface area (Å²) in [5.74, 6) is 0. The molecular formula is C46H28N2. The molecule has 0 unspecified atom stereocenters. The van der Waals surface area contributed by atoms with Gasteiger partial charge in [0.15, 0.2) is 0 Å². The van der Waals surface area contributed by atoms with Gasteiger partial charge in [0.1, 0.15) is 0 Å². The monoisotopic (exact) mass is 608 g/mol. The summed E-state index contributed by atoms with van der Waals surface area (Å²) in [7, 11) is 0. The van der Waals surface area contributed by atoms with Crippen molar-refractivity contribution in [2.24, 2.45) is 0 Å². The number of hydrogen-bond acceptors (Lipinski definition) is 0. The van der Waals surface area contributed by atoms with E-state index in [1.54, 1.807) is 0 Å². The molecule has 0 radical (unpaired) electrons. The molecule has 2 heteroatoms. The molecule has 2 aromatic heterocycles. The summed E-state index contributed by atoms with van der Waals surface area (Å²) >= 11 is 0. The van der Waals surface area contributed by atoms with Crippen LogP contribution in [0.1, 0.15) is 0 Å². The molecule has 0 N–H and O–H groups in total. The van der Waals surface area contributed by atoms with E-state index >= 15 is 0 Å². The molecule has 0 atom stereocenters. The Morgan fingerprint density at radius 1 is 0.292 bits per heavy atom. The van der Waals surface area contributed by atoms with Crippen molar-refractivity contribution in [3.63, 3.8) is 0 Å². The van der Waals surface area contributed by atoms with E-state index in [9.17, 15) is 0 Å². The molecule has 0 saturated heterocycles. The smallest absolute Gasteiger partial charge is 0.0620 e. The van der Waals surface area contributed by atoms with Crippen LogP contribution >= 0.6 is 0 Å². The highest BCUT2D eigenvalue weighted by Gasteiger charge is 2.19. The van der Waals surface area contributed by atoms with Gasteiger partial charge in [0.25, 0.3) is 0 Å². The van der Waals surface area contributed by atoms with Crippen molar-refractivity contribution in [2.75, 3.05) is 0 Å². The average molecular weight is 609 g/mol. The number of para-hydroxylation sites is 4. The summed E-state index contributed by atoms with van der Waals surface area (Å²) in [4.78, 5) is 0. The van der Waals surface area contributed by atoms with Gasteiger partial charge in [0.2, 0.25) is 0 Å². The lowest BCUT2D eigenvalue weighted by molar-refractivity contribution is 1.18. The predicted octanol–water partition coefficient (Wildman–Crippen LogP) is 12.4. The van der Waals surface area contributed by atoms with E-state index in [1.165, 1.54) is 98.4 Å². The molecule has 2 heterocycles. The van der Waals surface area contributed by atoms with Crippen LogP contribution in [0.2, 0.25) is 0 Å². The zero-order chi connectivity index (χ0) is 31.3. The summed E-state index contributed by atoms with van der Waals surface area (Å²) < 4.78 is 4.83. The first-order chi connectivity index (χ1) is 23.8. The molecule has 0 aliphatic rings. The number of nitrogens with zero attached hydrogens (tertiary/aromatic N) is 2. The van der Waals surface area contributed by atoms with E-state index in [0.29, 0.717) is 0 Å². The highest BCUT2D eigenvalue weighted by atomic mass is 15.0. The summed E-state index contributed by atoms with van der Waals surface area (Å²) in [5, 5.41) is 12.9. The quantitative estimate of drug-likeness (QED) is 0.177. The third kappa shape index (κ3) is 3.46. The van der Waals surface area contributed by atoms with Crippen LogP contribution < -0.4 is 0 Å². The fraction of sp³-hybridized carbons (Fsp3) is 0. The van der Waals surface area contributed by atoms with Crippen LogP contribution in [0.3, 0.4) is 0 Å². The molecule has 0 fully saturated rings. The highest BCUT2D eigenvalue weighted by Crippen LogP contribution is 2.44. The van der Waals surface area contributed by atoms with E-state index in [-0.39, 0.29) is 0 Å². The normalized spacial score (nSPS) is 12.2. The number of hydrogen-bond donors (Lipinski definition) is 0. The van der Waals surface area contributed by atoms with Gasteiger partial charge in [-0.05, 0) is 105 Å². The molecule has 0 aliphatic heterocycles. The van der Waals surface area contributed by atoms with Crippen molar-refractivity contribution in [3.05, 3.63) is 170 Å². The Bertz CT molecular complexity index is 3020. The fourth-order valence-corrected chi connectivity index (χ4v) is 8.36. The summed E-state index contributed by atoms with van der Waals surface area (Å²) in [5.41, 5.74) is 9.80. The lowest BCUT2D eigenvalue weighted by Gasteiger charge is -2.15. The van der Waals surface area contributed by atoms with Crippen LogP contribution in [0.25, 0.3) is 98.4 Å². The van der Waals surface area contributed by atoms with Gasteiger partial charge in [-0.15, -0.1) is 0 Å². The minimum atomic E-state index is 1.18. The summed E-state index contributed by atoms with van der Waals surface area (Å²) in [6.45, 7) is 0. The Kier molecular flexibility index (Phi) is 5.14. The van der Waals surface area contributed by atoms with Crippen LogP contribution in [0, 0.1) is 0 Å². The highest BCUT2D eigenvalue weighted by molar-refractivity contribution is 6.32. The largest absolute Gasteiger partial charge is 0.309 e. The van der Waals surface area contributed by atoms with Crippen molar-refractivity contribution in [1.82, 2.24) is 9.13 Å². The van der Waals surface area contributed by atoms with E-state index in [2.05, 4.69) is 179 Å². The minimum absolute atomic E-state index is 1.18. The Morgan fingerprint density at radius 2 is 0.833 bits per heavy atom. The minimum Gasteiger partial charge on any atom is -0.309 e. The Balaban J connectivity index is 1.17. The maximum Gasteiger partial charge on any atom is 0.0620 e. The molecule has 0 spiro atoms. The number of benzene rings is 9. The first-order valence-corrected chi connectivity index (χ1v) is 16.6. The van der Waals surface area contributed by atoms with Gasteiger partial charge in [-0.25, -0.2) is 0 Å². The Hall–Kier alpha value is -6.38. The third-order valence-corrected chi connectivity index (χ3v) is 10.4. The van der Waals surface area contributed by atoms with E-state index < -0.39 is 0 Å². The summed E-state index contributed by atoms with van der Waals surface area (Å²) in [6, 6.07) is 62.5. The SMILES string of the molecule is c1ccc(-n2c3ccccc3c3cc(-c4cc5ccc6cc7c8ccccc8n(-c8ccccc8)c7c7ccc(c4)c5c67)ccc32)cc1. The number of rotatable bonds is 3. The Morgan fingerprint density at radius 3 is 1.54 bits per heavy atom. The van der Waals surface area contributed by atoms with Crippen molar-refractivity contribution in [2.45, 2.75) is 0 Å². The zero-order valence-electron chi connectivity index (χ0n) is 26.1. The van der Waals surface area contributed by atoms with Crippen LogP contribution in [0.4, 0.5) is 0 Å². The maximum absolute atomic E-state index is 2.45. The average Bonchev–Trinajstić information content (AvgIpc) is 3.67. The molecule has 0 aliphatic carbocycles. The van der Waals surface area contributed by atoms with Gasteiger partial charge in [0, 0.05) is 38.3 Å². The van der Waals surface area contributed by atoms with Crippen molar-refractivity contribution in [3.8, 4) is 22.5 Å². The molecule has 0 amide bonds. The van der Waals surface area contributed by atoms with Crippen LogP contribution in [0.5, 0.6) is 0 Å². The van der Waals surface area contributed by atoms with Gasteiger partial charge < -0.3 is 9.13 Å². The first-order valence-electron chi connectivity index (χ1n) is 16.6. The van der Waals surface area contributed by atoms with E-state index in [0.717, 1.165) is 0 Å². The Labute approximate surface area is 276 Å². The second-order valence-electron chi connectivity index (χ2n) is 13.0. The molecule has 9 aromatic carbocycles. The first kappa shape index (κ1) is 25.8. The van der Waals surface area contributed by atoms with Gasteiger partial charge in [0.05, 0.1) is 22.1 Å². The van der Waals surface area contributed by atoms with Crippen molar-refractivity contribution < 1.29 is 0 Å². The van der Waals surface area contributed by atoms with Gasteiger partial charge in [-0.2, -0.15) is 0 Å². The van der Waals surface area contributed by atoms with Gasteiger partial charge in [-0.3, -0.25) is 0 Å². The standard InChI is InChI=1S/C46H28N2/c1-3-11-34(12-4-1)47-41-17-9-7-15-36(41)39-27-29(22-24-43(39)47)33-25-30-19-20-32-28-40-37-16-8-10-18-42(37)48(35-13-5-2-6-14-35)46(40)38-23-21-31(26-33)44(30)45(32)38/h1-28H. The van der Waals surface area contributed by atoms with Crippen molar-refractivity contribution >= 4 is 75.9 Å². The third-order valence-electron chi connectivity index (χ3n) is 10.4. The molecule has 2 nitrogen and oxygen atoms in total.